The van der Waals surface area contributed by atoms with Gasteiger partial charge in [-0.1, -0.05) is 32.0 Å². The van der Waals surface area contributed by atoms with Crippen molar-refractivity contribution in [2.75, 3.05) is 0 Å². The zero-order chi connectivity index (χ0) is 18.6. The Bertz CT molecular complexity index is 670. The number of hydrogen-bond acceptors (Lipinski definition) is 3. The van der Waals surface area contributed by atoms with Crippen LogP contribution in [0.1, 0.15) is 65.1 Å². The molecule has 136 valence electrons. The van der Waals surface area contributed by atoms with Gasteiger partial charge in [-0.25, -0.2) is 4.79 Å². The van der Waals surface area contributed by atoms with Crippen molar-refractivity contribution in [3.8, 4) is 0 Å². The van der Waals surface area contributed by atoms with Crippen molar-refractivity contribution in [1.82, 2.24) is 4.90 Å². The van der Waals surface area contributed by atoms with Crippen LogP contribution < -0.4 is 5.46 Å². The summed E-state index contributed by atoms with van der Waals surface area (Å²) < 4.78 is 12.2. The van der Waals surface area contributed by atoms with Crippen LogP contribution in [-0.2, 0) is 15.9 Å². The van der Waals surface area contributed by atoms with Gasteiger partial charge in [0.15, 0.2) is 0 Å². The molecule has 0 saturated carbocycles. The number of carbonyl (C=O) groups is 1. The van der Waals surface area contributed by atoms with E-state index in [0.717, 1.165) is 23.0 Å². The lowest BCUT2D eigenvalue weighted by atomic mass is 9.77. The molecule has 6 heteroatoms. The smallest absolute Gasteiger partial charge is 0.465 e. The minimum absolute atomic E-state index is 0.0696. The van der Waals surface area contributed by atoms with Crippen LogP contribution >= 0.6 is 0 Å². The van der Waals surface area contributed by atoms with Crippen LogP contribution in [0.2, 0.25) is 0 Å². The lowest BCUT2D eigenvalue weighted by molar-refractivity contribution is 0.00578. The largest absolute Gasteiger partial charge is 0.494 e. The van der Waals surface area contributed by atoms with Gasteiger partial charge in [-0.2, -0.15) is 0 Å². The minimum Gasteiger partial charge on any atom is -0.465 e. The molecule has 2 aliphatic heterocycles. The Kier molecular flexibility index (Phi) is 4.40. The second-order valence-corrected chi connectivity index (χ2v) is 8.60. The molecule has 1 atom stereocenters. The molecule has 5 nitrogen and oxygen atoms in total. The van der Waals surface area contributed by atoms with Crippen LogP contribution in [0.3, 0.4) is 0 Å². The highest BCUT2D eigenvalue weighted by Crippen LogP contribution is 2.39. The van der Waals surface area contributed by atoms with Gasteiger partial charge >= 0.3 is 13.2 Å². The molecule has 2 aliphatic rings. The Morgan fingerprint density at radius 1 is 1.28 bits per heavy atom. The molecule has 1 saturated heterocycles. The minimum atomic E-state index is -0.862. The van der Waals surface area contributed by atoms with Gasteiger partial charge in [0.2, 0.25) is 0 Å². The molecule has 1 aromatic rings. The molecule has 25 heavy (non-hydrogen) atoms. The second-order valence-electron chi connectivity index (χ2n) is 8.60. The van der Waals surface area contributed by atoms with E-state index in [1.807, 2.05) is 45.9 Å². The highest BCUT2D eigenvalue weighted by Gasteiger charge is 2.52. The summed E-state index contributed by atoms with van der Waals surface area (Å²) >= 11 is 0. The highest BCUT2D eigenvalue weighted by molar-refractivity contribution is 6.62. The fourth-order valence-corrected chi connectivity index (χ4v) is 3.58. The average molecular weight is 345 g/mol. The Balaban J connectivity index is 1.89. The maximum absolute atomic E-state index is 11.6. The van der Waals surface area contributed by atoms with E-state index >= 15 is 0 Å². The fraction of sp³-hybridized carbons (Fsp3) is 0.632. The fourth-order valence-electron chi connectivity index (χ4n) is 3.58. The summed E-state index contributed by atoms with van der Waals surface area (Å²) in [5.41, 5.74) is 2.35. The predicted octanol–water partition coefficient (Wildman–Crippen LogP) is 3.57. The van der Waals surface area contributed by atoms with E-state index in [1.165, 1.54) is 0 Å². The van der Waals surface area contributed by atoms with Crippen molar-refractivity contribution in [3.63, 3.8) is 0 Å². The van der Waals surface area contributed by atoms with E-state index in [2.05, 4.69) is 13.8 Å². The number of fused-ring (bicyclic) bond motifs is 1. The van der Waals surface area contributed by atoms with Crippen molar-refractivity contribution >= 4 is 18.7 Å². The molecule has 1 N–H and O–H groups in total. The van der Waals surface area contributed by atoms with Gasteiger partial charge in [0.05, 0.1) is 17.2 Å². The third-order valence-electron chi connectivity index (χ3n) is 5.71. The number of amides is 1. The summed E-state index contributed by atoms with van der Waals surface area (Å²) in [4.78, 5) is 13.2. The number of nitrogens with zero attached hydrogens (tertiary/aromatic N) is 1. The zero-order valence-corrected chi connectivity index (χ0v) is 16.0. The molecular weight excluding hydrogens is 317 g/mol. The van der Waals surface area contributed by atoms with E-state index < -0.39 is 13.2 Å². The average Bonchev–Trinajstić information content (AvgIpc) is 2.93. The highest BCUT2D eigenvalue weighted by atomic mass is 16.7. The maximum Gasteiger partial charge on any atom is 0.494 e. The number of carboxylic acid groups (broad SMARTS) is 1. The van der Waals surface area contributed by atoms with Crippen molar-refractivity contribution in [1.29, 1.82) is 0 Å². The topological polar surface area (TPSA) is 59.0 Å². The molecule has 2 heterocycles. The normalized spacial score (nSPS) is 24.0. The van der Waals surface area contributed by atoms with E-state index in [9.17, 15) is 9.90 Å². The molecule has 3 rings (SSSR count). The lowest BCUT2D eigenvalue weighted by Crippen LogP contribution is -2.41. The molecule has 1 aromatic carbocycles. The summed E-state index contributed by atoms with van der Waals surface area (Å²) in [5, 5.41) is 9.56. The van der Waals surface area contributed by atoms with Gasteiger partial charge in [0.1, 0.15) is 0 Å². The molecule has 1 amide bonds. The van der Waals surface area contributed by atoms with Crippen LogP contribution in [0.4, 0.5) is 4.79 Å². The molecule has 1 fully saturated rings. The first-order valence-electron chi connectivity index (χ1n) is 9.00. The predicted molar refractivity (Wildman–Crippen MR) is 97.9 cm³/mol. The first-order chi connectivity index (χ1) is 11.5. The summed E-state index contributed by atoms with van der Waals surface area (Å²) in [5.74, 6) is 0.431. The van der Waals surface area contributed by atoms with Gasteiger partial charge in [-0.05, 0) is 56.6 Å². The molecule has 0 spiro atoms. The van der Waals surface area contributed by atoms with Crippen LogP contribution in [0.25, 0.3) is 0 Å². The van der Waals surface area contributed by atoms with Crippen LogP contribution in [0.15, 0.2) is 18.2 Å². The van der Waals surface area contributed by atoms with Gasteiger partial charge in [0.25, 0.3) is 0 Å². The van der Waals surface area contributed by atoms with Gasteiger partial charge in [-0.15, -0.1) is 0 Å². The molecule has 0 radical (unpaired) electrons. The third-order valence-corrected chi connectivity index (χ3v) is 5.71. The molecule has 0 aromatic heterocycles. The summed E-state index contributed by atoms with van der Waals surface area (Å²) in [6.07, 6.45) is -0.0335. The van der Waals surface area contributed by atoms with E-state index in [4.69, 9.17) is 9.31 Å². The summed E-state index contributed by atoms with van der Waals surface area (Å²) in [6, 6.07) is 6.04. The van der Waals surface area contributed by atoms with E-state index in [1.54, 1.807) is 4.90 Å². The number of rotatable bonds is 3. The zero-order valence-electron chi connectivity index (χ0n) is 16.0. The van der Waals surface area contributed by atoms with Gasteiger partial charge in [0, 0.05) is 6.54 Å². The van der Waals surface area contributed by atoms with Gasteiger partial charge in [-0.3, -0.25) is 4.90 Å². The quantitative estimate of drug-likeness (QED) is 0.851. The summed E-state index contributed by atoms with van der Waals surface area (Å²) in [6.45, 7) is 12.8. The lowest BCUT2D eigenvalue weighted by Gasteiger charge is -2.32. The maximum atomic E-state index is 11.6. The van der Waals surface area contributed by atoms with Crippen molar-refractivity contribution < 1.29 is 19.2 Å². The monoisotopic (exact) mass is 345 g/mol. The standard InChI is InChI=1S/C19H28BNO4/c1-12(2)9-16-15-8-7-14(10-13(15)11-21(16)17(22)23)20-24-18(3,4)19(5,6)25-20/h7-8,10,12,16H,9,11H2,1-6H3,(H,22,23). The first-order valence-corrected chi connectivity index (χ1v) is 9.00. The Hall–Kier alpha value is -1.53. The molecule has 0 aliphatic carbocycles. The SMILES string of the molecule is CC(C)CC1c2ccc(B3OC(C)(C)C(C)(C)O3)cc2CN1C(=O)O. The number of benzene rings is 1. The van der Waals surface area contributed by atoms with Crippen molar-refractivity contribution in [2.24, 2.45) is 5.92 Å². The molecule has 0 bridgehead atoms. The molecular formula is C19H28BNO4. The number of hydrogen-bond donors (Lipinski definition) is 1. The Morgan fingerprint density at radius 3 is 2.40 bits per heavy atom. The van der Waals surface area contributed by atoms with Gasteiger partial charge < -0.3 is 14.4 Å². The third kappa shape index (κ3) is 3.18. The Labute approximate surface area is 150 Å². The van der Waals surface area contributed by atoms with Crippen molar-refractivity contribution in [3.05, 3.63) is 29.3 Å². The first kappa shape index (κ1) is 18.3. The molecule has 1 unspecified atom stereocenters. The van der Waals surface area contributed by atoms with Crippen molar-refractivity contribution in [2.45, 2.75) is 71.8 Å². The van der Waals surface area contributed by atoms with E-state index in [0.29, 0.717) is 12.5 Å². The second kappa shape index (κ2) is 6.03. The summed E-state index contributed by atoms with van der Waals surface area (Å²) in [7, 11) is -0.419. The van der Waals surface area contributed by atoms with Crippen LogP contribution in [-0.4, -0.2) is 34.4 Å². The van der Waals surface area contributed by atoms with Crippen LogP contribution in [0.5, 0.6) is 0 Å². The van der Waals surface area contributed by atoms with E-state index in [-0.39, 0.29) is 17.2 Å². The van der Waals surface area contributed by atoms with Crippen LogP contribution in [0, 0.1) is 5.92 Å². The Morgan fingerprint density at radius 2 is 1.88 bits per heavy atom.